The van der Waals surface area contributed by atoms with Crippen molar-refractivity contribution in [1.29, 1.82) is 0 Å². The maximum absolute atomic E-state index is 9.85. The van der Waals surface area contributed by atoms with Crippen LogP contribution in [0.3, 0.4) is 0 Å². The van der Waals surface area contributed by atoms with E-state index in [9.17, 15) is 5.11 Å². The highest BCUT2D eigenvalue weighted by molar-refractivity contribution is 5.13. The molecule has 0 aliphatic heterocycles. The van der Waals surface area contributed by atoms with Crippen LogP contribution in [0.4, 0.5) is 0 Å². The summed E-state index contributed by atoms with van der Waals surface area (Å²) in [5.74, 6) is 1.54. The Balaban J connectivity index is 2.47. The first kappa shape index (κ1) is 13.2. The van der Waals surface area contributed by atoms with Crippen LogP contribution in [0.5, 0.6) is 0 Å². The third-order valence-corrected chi connectivity index (χ3v) is 3.07. The summed E-state index contributed by atoms with van der Waals surface area (Å²) in [6, 6.07) is 0. The standard InChI is InChI=1S/C15H24O/c1-11(2)9-15(16)10-13(4)14-7-5-12(3)6-8-14/h5-9,12-16H,10H2,1-4H3. The summed E-state index contributed by atoms with van der Waals surface area (Å²) in [5, 5.41) is 9.85. The fourth-order valence-electron chi connectivity index (χ4n) is 2.11. The van der Waals surface area contributed by atoms with Crippen LogP contribution in [-0.2, 0) is 0 Å². The van der Waals surface area contributed by atoms with Gasteiger partial charge in [-0.15, -0.1) is 0 Å². The molecular formula is C15H24O. The normalized spacial score (nSPS) is 27.6. The third-order valence-electron chi connectivity index (χ3n) is 3.07. The van der Waals surface area contributed by atoms with Crippen molar-refractivity contribution in [1.82, 2.24) is 0 Å². The summed E-state index contributed by atoms with van der Waals surface area (Å²) in [5.41, 5.74) is 1.18. The summed E-state index contributed by atoms with van der Waals surface area (Å²) >= 11 is 0. The lowest BCUT2D eigenvalue weighted by atomic mass is 9.84. The molecule has 0 aromatic heterocycles. The molecule has 0 amide bonds. The van der Waals surface area contributed by atoms with E-state index < -0.39 is 0 Å². The van der Waals surface area contributed by atoms with Gasteiger partial charge in [0.1, 0.15) is 0 Å². The lowest BCUT2D eigenvalue weighted by Crippen LogP contribution is -2.16. The molecule has 0 heterocycles. The van der Waals surface area contributed by atoms with E-state index in [1.54, 1.807) is 0 Å². The van der Waals surface area contributed by atoms with Gasteiger partial charge in [-0.25, -0.2) is 0 Å². The first-order valence-electron chi connectivity index (χ1n) is 6.18. The van der Waals surface area contributed by atoms with Crippen molar-refractivity contribution in [3.8, 4) is 0 Å². The Hall–Kier alpha value is -0.820. The van der Waals surface area contributed by atoms with Gasteiger partial charge in [0.25, 0.3) is 0 Å². The molecule has 0 radical (unpaired) electrons. The topological polar surface area (TPSA) is 20.2 Å². The first-order chi connectivity index (χ1) is 7.49. The summed E-state index contributed by atoms with van der Waals surface area (Å²) < 4.78 is 0. The Morgan fingerprint density at radius 3 is 2.31 bits per heavy atom. The molecule has 1 nitrogen and oxygen atoms in total. The SMILES string of the molecule is CC(C)=CC(O)CC(C)C1C=CC(C)C=C1. The van der Waals surface area contributed by atoms with Crippen LogP contribution >= 0.6 is 0 Å². The van der Waals surface area contributed by atoms with E-state index >= 15 is 0 Å². The molecular weight excluding hydrogens is 196 g/mol. The van der Waals surface area contributed by atoms with Crippen molar-refractivity contribution >= 4 is 0 Å². The molecule has 90 valence electrons. The Kier molecular flexibility index (Phi) is 5.01. The number of hydrogen-bond acceptors (Lipinski definition) is 1. The minimum atomic E-state index is -0.304. The van der Waals surface area contributed by atoms with Gasteiger partial charge in [0.2, 0.25) is 0 Å². The van der Waals surface area contributed by atoms with E-state index in [0.29, 0.717) is 17.8 Å². The highest BCUT2D eigenvalue weighted by atomic mass is 16.3. The zero-order chi connectivity index (χ0) is 12.1. The smallest absolute Gasteiger partial charge is 0.0726 e. The molecule has 1 N–H and O–H groups in total. The van der Waals surface area contributed by atoms with Crippen molar-refractivity contribution in [2.24, 2.45) is 17.8 Å². The van der Waals surface area contributed by atoms with E-state index in [-0.39, 0.29) is 6.10 Å². The van der Waals surface area contributed by atoms with Gasteiger partial charge in [0, 0.05) is 0 Å². The summed E-state index contributed by atoms with van der Waals surface area (Å²) in [6.45, 7) is 8.44. The van der Waals surface area contributed by atoms with E-state index in [1.165, 1.54) is 5.57 Å². The molecule has 0 aromatic carbocycles. The molecule has 0 saturated carbocycles. The summed E-state index contributed by atoms with van der Waals surface area (Å²) in [7, 11) is 0. The Morgan fingerprint density at radius 1 is 1.25 bits per heavy atom. The molecule has 0 bridgehead atoms. The predicted molar refractivity (Wildman–Crippen MR) is 70.2 cm³/mol. The van der Waals surface area contributed by atoms with Crippen LogP contribution in [-0.4, -0.2) is 11.2 Å². The van der Waals surface area contributed by atoms with Crippen molar-refractivity contribution in [3.63, 3.8) is 0 Å². The molecule has 1 aliphatic rings. The average Bonchev–Trinajstić information content (AvgIpc) is 2.16. The van der Waals surface area contributed by atoms with Crippen LogP contribution in [0, 0.1) is 17.8 Å². The first-order valence-corrected chi connectivity index (χ1v) is 6.18. The molecule has 0 fully saturated rings. The van der Waals surface area contributed by atoms with E-state index in [0.717, 1.165) is 6.42 Å². The number of aliphatic hydroxyl groups excluding tert-OH is 1. The molecule has 2 unspecified atom stereocenters. The van der Waals surface area contributed by atoms with Gasteiger partial charge in [-0.1, -0.05) is 49.8 Å². The van der Waals surface area contributed by atoms with Crippen molar-refractivity contribution in [3.05, 3.63) is 36.0 Å². The predicted octanol–water partition coefficient (Wildman–Crippen LogP) is 3.72. The zero-order valence-corrected chi connectivity index (χ0v) is 10.9. The van der Waals surface area contributed by atoms with Gasteiger partial charge in [-0.3, -0.25) is 0 Å². The van der Waals surface area contributed by atoms with Gasteiger partial charge >= 0.3 is 0 Å². The highest BCUT2D eigenvalue weighted by Crippen LogP contribution is 2.25. The minimum Gasteiger partial charge on any atom is -0.389 e. The van der Waals surface area contributed by atoms with Gasteiger partial charge in [0.15, 0.2) is 0 Å². The highest BCUT2D eigenvalue weighted by Gasteiger charge is 2.17. The second-order valence-corrected chi connectivity index (χ2v) is 5.23. The van der Waals surface area contributed by atoms with E-state index in [4.69, 9.17) is 0 Å². The lowest BCUT2D eigenvalue weighted by Gasteiger charge is -2.22. The number of rotatable bonds is 4. The van der Waals surface area contributed by atoms with Crippen molar-refractivity contribution in [2.45, 2.75) is 40.2 Å². The van der Waals surface area contributed by atoms with Gasteiger partial charge < -0.3 is 5.11 Å². The Bertz CT molecular complexity index is 281. The largest absolute Gasteiger partial charge is 0.389 e. The molecule has 16 heavy (non-hydrogen) atoms. The van der Waals surface area contributed by atoms with Crippen LogP contribution in [0.25, 0.3) is 0 Å². The number of aliphatic hydroxyl groups is 1. The number of allylic oxidation sites excluding steroid dienone is 5. The molecule has 1 rings (SSSR count). The quantitative estimate of drug-likeness (QED) is 0.716. The maximum Gasteiger partial charge on any atom is 0.0726 e. The minimum absolute atomic E-state index is 0.304. The second-order valence-electron chi connectivity index (χ2n) is 5.23. The zero-order valence-electron chi connectivity index (χ0n) is 10.9. The van der Waals surface area contributed by atoms with Crippen molar-refractivity contribution < 1.29 is 5.11 Å². The van der Waals surface area contributed by atoms with Gasteiger partial charge in [-0.05, 0) is 38.0 Å². The summed E-state index contributed by atoms with van der Waals surface area (Å²) in [4.78, 5) is 0. The van der Waals surface area contributed by atoms with Crippen LogP contribution in [0.2, 0.25) is 0 Å². The second kappa shape index (κ2) is 6.05. The van der Waals surface area contributed by atoms with Crippen LogP contribution in [0.1, 0.15) is 34.1 Å². The van der Waals surface area contributed by atoms with Crippen LogP contribution in [0.15, 0.2) is 36.0 Å². The molecule has 1 aliphatic carbocycles. The third kappa shape index (κ3) is 4.36. The van der Waals surface area contributed by atoms with Crippen LogP contribution < -0.4 is 0 Å². The molecule has 0 aromatic rings. The fraction of sp³-hybridized carbons (Fsp3) is 0.600. The van der Waals surface area contributed by atoms with E-state index in [1.807, 2.05) is 19.9 Å². The molecule has 1 heteroatoms. The lowest BCUT2D eigenvalue weighted by molar-refractivity contribution is 0.183. The van der Waals surface area contributed by atoms with Gasteiger partial charge in [0.05, 0.1) is 6.10 Å². The fourth-order valence-corrected chi connectivity index (χ4v) is 2.11. The Morgan fingerprint density at radius 2 is 1.81 bits per heavy atom. The number of hydrogen-bond donors (Lipinski definition) is 1. The summed E-state index contributed by atoms with van der Waals surface area (Å²) in [6.07, 6.45) is 11.5. The molecule has 0 spiro atoms. The average molecular weight is 220 g/mol. The monoisotopic (exact) mass is 220 g/mol. The maximum atomic E-state index is 9.85. The van der Waals surface area contributed by atoms with Crippen molar-refractivity contribution in [2.75, 3.05) is 0 Å². The Labute approximate surface area is 99.6 Å². The molecule has 0 saturated heterocycles. The molecule has 2 atom stereocenters. The van der Waals surface area contributed by atoms with Gasteiger partial charge in [-0.2, -0.15) is 0 Å². The van der Waals surface area contributed by atoms with E-state index in [2.05, 4.69) is 38.2 Å².